The number of thiazole rings is 2. The lowest BCUT2D eigenvalue weighted by Crippen LogP contribution is -2.35. The first-order chi connectivity index (χ1) is 19.0. The normalized spacial score (nSPS) is 17.2. The van der Waals surface area contributed by atoms with Gasteiger partial charge in [0.2, 0.25) is 0 Å². The zero-order chi connectivity index (χ0) is 29.0. The molecule has 4 rings (SSSR count). The lowest BCUT2D eigenvalue weighted by atomic mass is 9.93. The maximum atomic E-state index is 13.4. The van der Waals surface area contributed by atoms with Gasteiger partial charge in [0, 0.05) is 19.1 Å². The van der Waals surface area contributed by atoms with Gasteiger partial charge in [0.1, 0.15) is 5.69 Å². The van der Waals surface area contributed by atoms with Crippen LogP contribution in [0.5, 0.6) is 0 Å². The van der Waals surface area contributed by atoms with Crippen LogP contribution in [-0.2, 0) is 14.8 Å². The number of sulfonamides is 1. The van der Waals surface area contributed by atoms with Crippen LogP contribution in [0.4, 0.5) is 9.93 Å². The number of ether oxygens (including phenoxy) is 1. The number of carbonyl (C=O) groups excluding carboxylic acids is 2. The van der Waals surface area contributed by atoms with E-state index >= 15 is 0 Å². The minimum Gasteiger partial charge on any atom is -0.453 e. The molecule has 3 aromatic heterocycles. The van der Waals surface area contributed by atoms with Crippen molar-refractivity contribution in [3.63, 3.8) is 0 Å². The van der Waals surface area contributed by atoms with Crippen molar-refractivity contribution < 1.29 is 22.7 Å². The maximum absolute atomic E-state index is 13.4. The molecule has 2 amide bonds. The number of carbonyl (C=O) groups is 2. The molecule has 4 heterocycles. The molecule has 1 fully saturated rings. The molecule has 0 bridgehead atoms. The van der Waals surface area contributed by atoms with E-state index in [1.807, 2.05) is 32.9 Å². The molecule has 11 nitrogen and oxygen atoms in total. The lowest BCUT2D eigenvalue weighted by Gasteiger charge is -2.21. The van der Waals surface area contributed by atoms with Crippen LogP contribution in [0.25, 0.3) is 10.6 Å². The van der Waals surface area contributed by atoms with Crippen molar-refractivity contribution >= 4 is 49.8 Å². The van der Waals surface area contributed by atoms with Crippen LogP contribution < -0.4 is 10.6 Å². The summed E-state index contributed by atoms with van der Waals surface area (Å²) in [5.74, 6) is 0.0276. The predicted molar refractivity (Wildman–Crippen MR) is 155 cm³/mol. The molecule has 1 aliphatic heterocycles. The second-order valence-corrected chi connectivity index (χ2v) is 14.2. The van der Waals surface area contributed by atoms with E-state index in [4.69, 9.17) is 0 Å². The first-order valence-electron chi connectivity index (χ1n) is 13.0. The van der Waals surface area contributed by atoms with Crippen LogP contribution in [0.15, 0.2) is 22.4 Å². The Morgan fingerprint density at radius 3 is 2.58 bits per heavy atom. The first kappa shape index (κ1) is 30.0. The van der Waals surface area contributed by atoms with Crippen molar-refractivity contribution in [2.45, 2.75) is 63.6 Å². The second kappa shape index (κ2) is 12.7. The molecule has 1 saturated heterocycles. The molecule has 14 heteroatoms. The number of nitrogens with one attached hydrogen (secondary N) is 2. The van der Waals surface area contributed by atoms with Gasteiger partial charge in [-0.2, -0.15) is 4.31 Å². The monoisotopic (exact) mass is 606 g/mol. The fourth-order valence-electron chi connectivity index (χ4n) is 4.86. The average Bonchev–Trinajstić information content (AvgIpc) is 3.35. The molecule has 0 radical (unpaired) electrons. The largest absolute Gasteiger partial charge is 0.453 e. The van der Waals surface area contributed by atoms with Crippen molar-refractivity contribution in [2.75, 3.05) is 25.5 Å². The smallest absolute Gasteiger partial charge is 0.413 e. The summed E-state index contributed by atoms with van der Waals surface area (Å²) in [7, 11) is -2.53. The molecule has 1 aliphatic rings. The number of rotatable bonds is 8. The van der Waals surface area contributed by atoms with E-state index < -0.39 is 16.1 Å². The van der Waals surface area contributed by atoms with Gasteiger partial charge in [-0.05, 0) is 71.4 Å². The average molecular weight is 607 g/mol. The topological polar surface area (TPSA) is 143 Å². The van der Waals surface area contributed by atoms with Crippen LogP contribution in [0.1, 0.15) is 59.5 Å². The molecule has 2 N–H and O–H groups in total. The van der Waals surface area contributed by atoms with Gasteiger partial charge < -0.3 is 10.1 Å². The van der Waals surface area contributed by atoms with Gasteiger partial charge in [-0.25, -0.2) is 28.2 Å². The molecule has 1 unspecified atom stereocenters. The molecular weight excluding hydrogens is 573 g/mol. The number of methoxy groups -OCH3 is 1. The van der Waals surface area contributed by atoms with E-state index in [0.29, 0.717) is 37.3 Å². The summed E-state index contributed by atoms with van der Waals surface area (Å²) in [6.07, 6.45) is 2.29. The van der Waals surface area contributed by atoms with E-state index in [0.717, 1.165) is 45.5 Å². The molecule has 216 valence electrons. The molecular formula is C26H34N6O5S3. The van der Waals surface area contributed by atoms with Gasteiger partial charge in [-0.1, -0.05) is 17.4 Å². The Labute approximate surface area is 242 Å². The number of aryl methyl sites for hydroxylation is 3. The van der Waals surface area contributed by atoms with Crippen molar-refractivity contribution in [3.8, 4) is 10.6 Å². The van der Waals surface area contributed by atoms with Crippen molar-refractivity contribution in [3.05, 3.63) is 40.3 Å². The predicted octanol–water partition coefficient (Wildman–Crippen LogP) is 4.76. The number of pyridine rings is 1. The van der Waals surface area contributed by atoms with E-state index in [-0.39, 0.29) is 27.2 Å². The van der Waals surface area contributed by atoms with Crippen molar-refractivity contribution in [1.82, 2.24) is 24.6 Å². The van der Waals surface area contributed by atoms with Crippen LogP contribution in [0, 0.1) is 26.7 Å². The molecule has 0 spiro atoms. The Morgan fingerprint density at radius 1 is 1.10 bits per heavy atom. The maximum Gasteiger partial charge on any atom is 0.413 e. The minimum absolute atomic E-state index is 0.103. The third kappa shape index (κ3) is 7.03. The number of aromatic nitrogens is 3. The molecule has 40 heavy (non-hydrogen) atoms. The summed E-state index contributed by atoms with van der Waals surface area (Å²) in [6.45, 7) is 8.25. The van der Waals surface area contributed by atoms with Crippen LogP contribution in [0.3, 0.4) is 0 Å². The Bertz CT molecular complexity index is 1490. The highest BCUT2D eigenvalue weighted by Gasteiger charge is 2.32. The zero-order valence-electron chi connectivity index (χ0n) is 23.2. The molecule has 3 aromatic rings. The Balaban J connectivity index is 1.35. The molecule has 0 aliphatic carbocycles. The van der Waals surface area contributed by atoms with E-state index in [9.17, 15) is 18.0 Å². The highest BCUT2D eigenvalue weighted by atomic mass is 32.2. The quantitative estimate of drug-likeness (QED) is 0.373. The van der Waals surface area contributed by atoms with Gasteiger partial charge in [-0.3, -0.25) is 10.1 Å². The zero-order valence-corrected chi connectivity index (χ0v) is 25.6. The van der Waals surface area contributed by atoms with Gasteiger partial charge in [0.25, 0.3) is 15.9 Å². The van der Waals surface area contributed by atoms with Gasteiger partial charge in [-0.15, -0.1) is 11.3 Å². The summed E-state index contributed by atoms with van der Waals surface area (Å²) < 4.78 is 33.0. The number of amides is 2. The van der Waals surface area contributed by atoms with Crippen LogP contribution in [0.2, 0.25) is 0 Å². The number of anilines is 1. The summed E-state index contributed by atoms with van der Waals surface area (Å²) in [6, 6.07) is 5.32. The van der Waals surface area contributed by atoms with Crippen LogP contribution in [-0.4, -0.2) is 65.9 Å². The first-order valence-corrected chi connectivity index (χ1v) is 16.1. The Hall–Kier alpha value is -2.94. The number of nitrogens with zero attached hydrogens (tertiary/aromatic N) is 4. The summed E-state index contributed by atoms with van der Waals surface area (Å²) in [5, 5.41) is 6.63. The Kier molecular flexibility index (Phi) is 9.54. The number of hydrogen-bond acceptors (Lipinski definition) is 10. The van der Waals surface area contributed by atoms with Gasteiger partial charge in [0.05, 0.1) is 34.1 Å². The van der Waals surface area contributed by atoms with Crippen LogP contribution >= 0.6 is 22.7 Å². The summed E-state index contributed by atoms with van der Waals surface area (Å²) in [5.41, 5.74) is 2.33. The fourth-order valence-corrected chi connectivity index (χ4v) is 8.78. The van der Waals surface area contributed by atoms with Gasteiger partial charge in [0.15, 0.2) is 9.34 Å². The SMILES string of the molecule is COC(=O)Nc1nc(C)c(S(=O)(=O)N2CCCC(C[C@H](C)NC(=O)c3cccc(-c4sc(C)nc4C)n3)CC2)s1. The highest BCUT2D eigenvalue weighted by molar-refractivity contribution is 7.91. The van der Waals surface area contributed by atoms with E-state index in [1.165, 1.54) is 11.4 Å². The van der Waals surface area contributed by atoms with E-state index in [2.05, 4.69) is 30.3 Å². The molecule has 0 saturated carbocycles. The van der Waals surface area contributed by atoms with Crippen molar-refractivity contribution in [2.24, 2.45) is 5.92 Å². The summed E-state index contributed by atoms with van der Waals surface area (Å²) in [4.78, 5) is 38.6. The highest BCUT2D eigenvalue weighted by Crippen LogP contribution is 2.32. The third-order valence-corrected chi connectivity index (χ3v) is 11.4. The van der Waals surface area contributed by atoms with Crippen molar-refractivity contribution in [1.29, 1.82) is 0 Å². The summed E-state index contributed by atoms with van der Waals surface area (Å²) >= 11 is 2.48. The second-order valence-electron chi connectivity index (χ2n) is 9.88. The lowest BCUT2D eigenvalue weighted by molar-refractivity contribution is 0.0929. The van der Waals surface area contributed by atoms with E-state index in [1.54, 1.807) is 24.3 Å². The van der Waals surface area contributed by atoms with Gasteiger partial charge >= 0.3 is 6.09 Å². The standard InChI is InChI=1S/C26H34N6O5S3/c1-15(27-23(33)21-10-6-9-20(30-21)22-16(2)28-18(4)38-22)14-19-8-7-12-32(13-11-19)40(35,36)24-17(3)29-25(39-24)31-26(34)37-5/h6,9-10,15,19H,7-8,11-14H2,1-5H3,(H,27,33)(H,29,31,34)/t15-,19?/m0/s1. The Morgan fingerprint density at radius 2 is 1.88 bits per heavy atom. The molecule has 2 atom stereocenters. The number of hydrogen-bond donors (Lipinski definition) is 2. The fraction of sp³-hybridized carbons (Fsp3) is 0.500. The minimum atomic E-state index is -3.76. The third-order valence-electron chi connectivity index (χ3n) is 6.71. The molecule has 0 aromatic carbocycles.